The highest BCUT2D eigenvalue weighted by molar-refractivity contribution is 6.06. The molecule has 1 aromatic carbocycles. The average Bonchev–Trinajstić information content (AvgIpc) is 2.87. The lowest BCUT2D eigenvalue weighted by atomic mass is 9.65. The number of rotatable bonds is 6. The number of hydrogen-bond acceptors (Lipinski definition) is 6. The van der Waals surface area contributed by atoms with Gasteiger partial charge in [-0.25, -0.2) is 27.5 Å². The number of benzene rings is 1. The third-order valence-electron chi connectivity index (χ3n) is 7.84. The predicted molar refractivity (Wildman–Crippen MR) is 133 cm³/mol. The first kappa shape index (κ1) is 25.7. The molecule has 0 atom stereocenters. The molecule has 3 heterocycles. The van der Waals surface area contributed by atoms with E-state index >= 15 is 0 Å². The Balaban J connectivity index is 1.25. The van der Waals surface area contributed by atoms with Crippen molar-refractivity contribution in [3.63, 3.8) is 0 Å². The zero-order valence-electron chi connectivity index (χ0n) is 20.9. The van der Waals surface area contributed by atoms with Crippen LogP contribution in [0.15, 0.2) is 42.9 Å². The lowest BCUT2D eigenvalue weighted by Gasteiger charge is -2.52. The van der Waals surface area contributed by atoms with Gasteiger partial charge in [0.15, 0.2) is 0 Å². The zero-order chi connectivity index (χ0) is 27.2. The molecule has 11 heteroatoms. The van der Waals surface area contributed by atoms with Crippen molar-refractivity contribution in [3.05, 3.63) is 65.7 Å². The molecule has 0 bridgehead atoms. The van der Waals surface area contributed by atoms with E-state index in [2.05, 4.69) is 20.3 Å². The summed E-state index contributed by atoms with van der Waals surface area (Å²) in [4.78, 5) is 26.0. The quantitative estimate of drug-likeness (QED) is 0.389. The number of anilines is 1. The van der Waals surface area contributed by atoms with Crippen LogP contribution in [-0.4, -0.2) is 46.1 Å². The Hall–Kier alpha value is -3.60. The Morgan fingerprint density at radius 3 is 2.38 bits per heavy atom. The molecular formula is C28H26F4N4O3. The second-order valence-electron chi connectivity index (χ2n) is 10.7. The van der Waals surface area contributed by atoms with Gasteiger partial charge in [-0.2, -0.15) is 0 Å². The minimum Gasteiger partial charge on any atom is -0.460 e. The SMILES string of the molecule is O=C(Nc1c(-c2cc(F)ccc2F)ccnc1C1CCC(F)(F)CC1)c1cnc(OC2CC3(COC3)C2)nc1. The third kappa shape index (κ3) is 5.19. The van der Waals surface area contributed by atoms with E-state index < -0.39 is 29.4 Å². The maximum absolute atomic E-state index is 14.8. The Kier molecular flexibility index (Phi) is 6.49. The Labute approximate surface area is 222 Å². The van der Waals surface area contributed by atoms with E-state index in [1.165, 1.54) is 24.7 Å². The van der Waals surface area contributed by atoms with Gasteiger partial charge in [-0.1, -0.05) is 0 Å². The molecule has 1 saturated heterocycles. The molecule has 2 saturated carbocycles. The number of nitrogens with zero attached hydrogens (tertiary/aromatic N) is 3. The molecule has 1 amide bonds. The first-order valence-electron chi connectivity index (χ1n) is 12.9. The van der Waals surface area contributed by atoms with Crippen molar-refractivity contribution < 1.29 is 31.8 Å². The number of alkyl halides is 2. The third-order valence-corrected chi connectivity index (χ3v) is 7.84. The summed E-state index contributed by atoms with van der Waals surface area (Å²) in [7, 11) is 0. The van der Waals surface area contributed by atoms with Crippen LogP contribution in [0.3, 0.4) is 0 Å². The van der Waals surface area contributed by atoms with Gasteiger partial charge in [-0.3, -0.25) is 9.78 Å². The summed E-state index contributed by atoms with van der Waals surface area (Å²) < 4.78 is 67.6. The van der Waals surface area contributed by atoms with Crippen molar-refractivity contribution in [1.82, 2.24) is 15.0 Å². The highest BCUT2D eigenvalue weighted by Crippen LogP contribution is 2.48. The van der Waals surface area contributed by atoms with Crippen LogP contribution in [0.25, 0.3) is 11.1 Å². The smallest absolute Gasteiger partial charge is 0.316 e. The van der Waals surface area contributed by atoms with Crippen LogP contribution < -0.4 is 10.1 Å². The standard InChI is InChI=1S/C28H26F4N4O3/c29-18-1-2-22(30)21(9-18)20-5-8-33-23(16-3-6-28(31,32)7-4-16)24(20)36-25(37)17-12-34-26(35-13-17)39-19-10-27(11-19)14-38-15-27/h1-2,5,8-9,12-13,16,19H,3-4,6-7,10-11,14-15H2,(H,36,37). The van der Waals surface area contributed by atoms with Crippen molar-refractivity contribution in [2.75, 3.05) is 18.5 Å². The number of halogens is 4. The number of hydrogen-bond donors (Lipinski definition) is 1. The molecular weight excluding hydrogens is 516 g/mol. The van der Waals surface area contributed by atoms with Gasteiger partial charge in [0.25, 0.3) is 5.91 Å². The molecule has 0 radical (unpaired) electrons. The topological polar surface area (TPSA) is 86.2 Å². The van der Waals surface area contributed by atoms with Crippen LogP contribution in [0.2, 0.25) is 0 Å². The predicted octanol–water partition coefficient (Wildman–Crippen LogP) is 5.92. The highest BCUT2D eigenvalue weighted by Gasteiger charge is 2.51. The number of aromatic nitrogens is 3. The summed E-state index contributed by atoms with van der Waals surface area (Å²) in [5.41, 5.74) is 0.937. The summed E-state index contributed by atoms with van der Waals surface area (Å²) >= 11 is 0. The van der Waals surface area contributed by atoms with Crippen molar-refractivity contribution in [2.45, 2.75) is 56.5 Å². The number of ether oxygens (including phenoxy) is 2. The van der Waals surface area contributed by atoms with Crippen LogP contribution in [0.1, 0.15) is 60.5 Å². The molecule has 2 aromatic heterocycles. The van der Waals surface area contributed by atoms with Gasteiger partial charge >= 0.3 is 6.01 Å². The van der Waals surface area contributed by atoms with E-state index in [4.69, 9.17) is 9.47 Å². The number of pyridine rings is 1. The van der Waals surface area contributed by atoms with Crippen molar-refractivity contribution >= 4 is 11.6 Å². The second kappa shape index (κ2) is 9.86. The fraction of sp³-hybridized carbons (Fsp3) is 0.429. The zero-order valence-corrected chi connectivity index (χ0v) is 20.9. The second-order valence-corrected chi connectivity index (χ2v) is 10.7. The minimum atomic E-state index is -2.76. The van der Waals surface area contributed by atoms with Crippen molar-refractivity contribution in [1.29, 1.82) is 0 Å². The molecule has 204 valence electrons. The first-order valence-corrected chi connectivity index (χ1v) is 12.9. The largest absolute Gasteiger partial charge is 0.460 e. The number of carbonyl (C=O) groups is 1. The van der Waals surface area contributed by atoms with Crippen LogP contribution in [0.4, 0.5) is 23.2 Å². The number of amides is 1. The van der Waals surface area contributed by atoms with E-state index in [-0.39, 0.29) is 65.6 Å². The normalized spacial score (nSPS) is 21.6. The molecule has 7 nitrogen and oxygen atoms in total. The van der Waals surface area contributed by atoms with Crippen LogP contribution in [0.5, 0.6) is 6.01 Å². The Bertz CT molecular complexity index is 1380. The summed E-state index contributed by atoms with van der Waals surface area (Å²) in [5.74, 6) is -5.13. The van der Waals surface area contributed by atoms with Gasteiger partial charge in [-0.05, 0) is 49.9 Å². The summed E-state index contributed by atoms with van der Waals surface area (Å²) in [6.45, 7) is 1.49. The molecule has 3 fully saturated rings. The molecule has 1 aliphatic heterocycles. The van der Waals surface area contributed by atoms with E-state index in [9.17, 15) is 22.4 Å². The minimum absolute atomic E-state index is 0.00174. The Morgan fingerprint density at radius 1 is 1.00 bits per heavy atom. The number of nitrogens with one attached hydrogen (secondary N) is 1. The maximum atomic E-state index is 14.8. The van der Waals surface area contributed by atoms with Gasteiger partial charge in [0.05, 0.1) is 30.2 Å². The first-order chi connectivity index (χ1) is 18.7. The van der Waals surface area contributed by atoms with Crippen molar-refractivity contribution in [2.24, 2.45) is 5.41 Å². The lowest BCUT2D eigenvalue weighted by Crippen LogP contribution is -2.56. The summed E-state index contributed by atoms with van der Waals surface area (Å²) in [5, 5.41) is 2.75. The molecule has 1 spiro atoms. The van der Waals surface area contributed by atoms with Gasteiger partial charge in [0.2, 0.25) is 5.92 Å². The van der Waals surface area contributed by atoms with Gasteiger partial charge in [0.1, 0.15) is 17.7 Å². The monoisotopic (exact) mass is 542 g/mol. The van der Waals surface area contributed by atoms with E-state index in [0.29, 0.717) is 5.69 Å². The average molecular weight is 543 g/mol. The molecule has 6 rings (SSSR count). The number of carbonyl (C=O) groups excluding carboxylic acids is 1. The molecule has 39 heavy (non-hydrogen) atoms. The molecule has 2 aliphatic carbocycles. The van der Waals surface area contributed by atoms with Gasteiger partial charge in [-0.15, -0.1) is 0 Å². The molecule has 1 N–H and O–H groups in total. The van der Waals surface area contributed by atoms with Gasteiger partial charge < -0.3 is 14.8 Å². The van der Waals surface area contributed by atoms with E-state index in [1.54, 1.807) is 0 Å². The van der Waals surface area contributed by atoms with E-state index in [0.717, 1.165) is 44.3 Å². The lowest BCUT2D eigenvalue weighted by molar-refractivity contribution is -0.192. The summed E-state index contributed by atoms with van der Waals surface area (Å²) in [6, 6.07) is 4.62. The van der Waals surface area contributed by atoms with Crippen LogP contribution in [0, 0.1) is 17.0 Å². The fourth-order valence-corrected chi connectivity index (χ4v) is 5.61. The summed E-state index contributed by atoms with van der Waals surface area (Å²) in [6.07, 6.45) is 5.42. The molecule has 0 unspecified atom stereocenters. The molecule has 3 aromatic rings. The fourth-order valence-electron chi connectivity index (χ4n) is 5.61. The van der Waals surface area contributed by atoms with E-state index in [1.807, 2.05) is 0 Å². The molecule has 3 aliphatic rings. The van der Waals surface area contributed by atoms with Crippen LogP contribution in [-0.2, 0) is 4.74 Å². The van der Waals surface area contributed by atoms with Crippen LogP contribution >= 0.6 is 0 Å². The van der Waals surface area contributed by atoms with Gasteiger partial charge in [0, 0.05) is 53.9 Å². The Morgan fingerprint density at radius 2 is 1.72 bits per heavy atom. The highest BCUT2D eigenvalue weighted by atomic mass is 19.3. The maximum Gasteiger partial charge on any atom is 0.316 e. The van der Waals surface area contributed by atoms with Crippen molar-refractivity contribution in [3.8, 4) is 17.1 Å².